The van der Waals surface area contributed by atoms with Crippen molar-refractivity contribution in [3.8, 4) is 0 Å². The molecule has 11 heteroatoms. The lowest BCUT2D eigenvalue weighted by Crippen LogP contribution is -2.22. The van der Waals surface area contributed by atoms with E-state index in [-0.39, 0.29) is 10.5 Å². The van der Waals surface area contributed by atoms with Crippen LogP contribution in [0.25, 0.3) is 0 Å². The number of fused-ring (bicyclic) bond motifs is 1. The number of aryl methyl sites for hydroxylation is 2. The lowest BCUT2D eigenvalue weighted by Gasteiger charge is -2.10. The second kappa shape index (κ2) is 10.5. The molecule has 0 atom stereocenters. The van der Waals surface area contributed by atoms with Crippen LogP contribution in [0.5, 0.6) is 0 Å². The predicted octanol–water partition coefficient (Wildman–Crippen LogP) is 3.93. The normalized spacial score (nSPS) is 12.5. The number of anilines is 2. The highest BCUT2D eigenvalue weighted by Crippen LogP contribution is 2.39. The van der Waals surface area contributed by atoms with Gasteiger partial charge in [-0.2, -0.15) is 0 Å². The minimum Gasteiger partial charge on any atom is -0.465 e. The lowest BCUT2D eigenvalue weighted by atomic mass is 10.1. The Bertz CT molecular complexity index is 1410. The SMILES string of the molecule is COC(=O)c1c(NC(=O)COC(=O)c2ccc(S(=O)(=O)Nc3ccc(C)cc3)cc2)sc2c1CCC2. The molecule has 0 fully saturated rings. The number of rotatable bonds is 8. The van der Waals surface area contributed by atoms with Gasteiger partial charge in [0.05, 0.1) is 23.1 Å². The summed E-state index contributed by atoms with van der Waals surface area (Å²) >= 11 is 1.32. The Labute approximate surface area is 212 Å². The summed E-state index contributed by atoms with van der Waals surface area (Å²) < 4.78 is 37.6. The number of methoxy groups -OCH3 is 1. The van der Waals surface area contributed by atoms with Gasteiger partial charge in [-0.25, -0.2) is 18.0 Å². The zero-order chi connectivity index (χ0) is 25.9. The third kappa shape index (κ3) is 5.58. The monoisotopic (exact) mass is 528 g/mol. The second-order valence-electron chi connectivity index (χ2n) is 8.17. The van der Waals surface area contributed by atoms with Crippen LogP contribution in [0.15, 0.2) is 53.4 Å². The first-order valence-electron chi connectivity index (χ1n) is 11.1. The van der Waals surface area contributed by atoms with E-state index >= 15 is 0 Å². The third-order valence-electron chi connectivity index (χ3n) is 5.60. The molecule has 0 radical (unpaired) electrons. The summed E-state index contributed by atoms with van der Waals surface area (Å²) in [5, 5.41) is 3.01. The molecule has 1 aliphatic rings. The predicted molar refractivity (Wildman–Crippen MR) is 135 cm³/mol. The molecule has 1 aromatic heterocycles. The van der Waals surface area contributed by atoms with E-state index in [1.807, 2.05) is 6.92 Å². The molecule has 0 aliphatic heterocycles. The maximum atomic E-state index is 12.6. The molecular weight excluding hydrogens is 504 g/mol. The van der Waals surface area contributed by atoms with E-state index in [4.69, 9.17) is 9.47 Å². The van der Waals surface area contributed by atoms with Crippen LogP contribution in [0, 0.1) is 6.92 Å². The lowest BCUT2D eigenvalue weighted by molar-refractivity contribution is -0.119. The van der Waals surface area contributed by atoms with Crippen LogP contribution in [-0.2, 0) is 37.1 Å². The third-order valence-corrected chi connectivity index (χ3v) is 8.21. The number of ether oxygens (including phenoxy) is 2. The zero-order valence-corrected chi connectivity index (χ0v) is 21.3. The summed E-state index contributed by atoms with van der Waals surface area (Å²) in [6.07, 6.45) is 2.52. The number of hydrogen-bond acceptors (Lipinski definition) is 8. The van der Waals surface area contributed by atoms with Gasteiger partial charge in [0.2, 0.25) is 0 Å². The molecule has 2 aromatic carbocycles. The van der Waals surface area contributed by atoms with Gasteiger partial charge in [0.1, 0.15) is 5.00 Å². The molecule has 1 amide bonds. The Hall–Kier alpha value is -3.70. The summed E-state index contributed by atoms with van der Waals surface area (Å²) in [6, 6.07) is 12.1. The Morgan fingerprint density at radius 1 is 0.972 bits per heavy atom. The first-order valence-corrected chi connectivity index (χ1v) is 13.4. The van der Waals surface area contributed by atoms with Crippen LogP contribution in [0.4, 0.5) is 10.7 Å². The number of benzene rings is 2. The van der Waals surface area contributed by atoms with Gasteiger partial charge in [0.15, 0.2) is 6.61 Å². The highest BCUT2D eigenvalue weighted by molar-refractivity contribution is 7.92. The molecule has 0 spiro atoms. The molecule has 1 aliphatic carbocycles. The van der Waals surface area contributed by atoms with E-state index in [1.165, 1.54) is 42.7 Å². The molecule has 2 N–H and O–H groups in total. The first-order chi connectivity index (χ1) is 17.2. The van der Waals surface area contributed by atoms with E-state index in [1.54, 1.807) is 24.3 Å². The largest absolute Gasteiger partial charge is 0.465 e. The average Bonchev–Trinajstić information content (AvgIpc) is 3.44. The Morgan fingerprint density at radius 3 is 2.33 bits per heavy atom. The number of carbonyl (C=O) groups excluding carboxylic acids is 3. The van der Waals surface area contributed by atoms with E-state index in [2.05, 4.69) is 10.0 Å². The van der Waals surface area contributed by atoms with Gasteiger partial charge in [-0.3, -0.25) is 9.52 Å². The highest BCUT2D eigenvalue weighted by atomic mass is 32.2. The fourth-order valence-electron chi connectivity index (χ4n) is 3.79. The van der Waals surface area contributed by atoms with Gasteiger partial charge in [0, 0.05) is 10.6 Å². The van der Waals surface area contributed by atoms with Gasteiger partial charge >= 0.3 is 11.9 Å². The Balaban J connectivity index is 1.36. The maximum absolute atomic E-state index is 12.6. The van der Waals surface area contributed by atoms with Crippen molar-refractivity contribution in [2.24, 2.45) is 0 Å². The van der Waals surface area contributed by atoms with Gasteiger partial charge < -0.3 is 14.8 Å². The number of esters is 2. The fourth-order valence-corrected chi connectivity index (χ4v) is 6.15. The fraction of sp³-hybridized carbons (Fsp3) is 0.240. The topological polar surface area (TPSA) is 128 Å². The molecule has 4 rings (SSSR count). The smallest absolute Gasteiger partial charge is 0.341 e. The quantitative estimate of drug-likeness (QED) is 0.424. The minimum atomic E-state index is -3.84. The molecular formula is C25H24N2O7S2. The number of carbonyl (C=O) groups is 3. The van der Waals surface area contributed by atoms with Crippen molar-refractivity contribution in [2.45, 2.75) is 31.1 Å². The van der Waals surface area contributed by atoms with Crippen molar-refractivity contribution < 1.29 is 32.3 Å². The highest BCUT2D eigenvalue weighted by Gasteiger charge is 2.28. The van der Waals surface area contributed by atoms with Gasteiger partial charge in [-0.15, -0.1) is 11.3 Å². The molecule has 0 saturated heterocycles. The molecule has 0 saturated carbocycles. The van der Waals surface area contributed by atoms with E-state index in [0.29, 0.717) is 16.3 Å². The van der Waals surface area contributed by atoms with Crippen LogP contribution in [0.2, 0.25) is 0 Å². The summed E-state index contributed by atoms with van der Waals surface area (Å²) in [5.41, 5.74) is 2.75. The number of amides is 1. The summed E-state index contributed by atoms with van der Waals surface area (Å²) in [5.74, 6) is -1.91. The van der Waals surface area contributed by atoms with Gasteiger partial charge in [0.25, 0.3) is 15.9 Å². The van der Waals surface area contributed by atoms with Crippen molar-refractivity contribution in [2.75, 3.05) is 23.8 Å². The molecule has 1 heterocycles. The van der Waals surface area contributed by atoms with Crippen LogP contribution < -0.4 is 10.0 Å². The van der Waals surface area contributed by atoms with Gasteiger partial charge in [-0.1, -0.05) is 17.7 Å². The summed E-state index contributed by atoms with van der Waals surface area (Å²) in [4.78, 5) is 38.0. The van der Waals surface area contributed by atoms with Crippen LogP contribution in [0.3, 0.4) is 0 Å². The molecule has 188 valence electrons. The molecule has 0 unspecified atom stereocenters. The zero-order valence-electron chi connectivity index (χ0n) is 19.6. The molecule has 36 heavy (non-hydrogen) atoms. The van der Waals surface area contributed by atoms with Crippen molar-refractivity contribution in [3.05, 3.63) is 75.7 Å². The van der Waals surface area contributed by atoms with E-state index < -0.39 is 34.5 Å². The number of nitrogens with one attached hydrogen (secondary N) is 2. The molecule has 0 bridgehead atoms. The first kappa shape index (κ1) is 25.4. The van der Waals surface area contributed by atoms with E-state index in [9.17, 15) is 22.8 Å². The van der Waals surface area contributed by atoms with Crippen LogP contribution >= 0.6 is 11.3 Å². The Morgan fingerprint density at radius 2 is 1.67 bits per heavy atom. The molecule has 9 nitrogen and oxygen atoms in total. The van der Waals surface area contributed by atoms with E-state index in [0.717, 1.165) is 35.3 Å². The van der Waals surface area contributed by atoms with Crippen LogP contribution in [0.1, 0.15) is 43.1 Å². The number of sulfonamides is 1. The van der Waals surface area contributed by atoms with Crippen molar-refractivity contribution in [3.63, 3.8) is 0 Å². The second-order valence-corrected chi connectivity index (χ2v) is 11.0. The Kier molecular flexibility index (Phi) is 7.41. The number of thiophene rings is 1. The maximum Gasteiger partial charge on any atom is 0.341 e. The standard InChI is InChI=1S/C25H24N2O7S2/c1-15-6-10-17(11-7-15)27-36(31,32)18-12-8-16(9-13-18)24(29)34-14-21(28)26-23-22(25(30)33-2)19-4-3-5-20(19)35-23/h6-13,27H,3-5,14H2,1-2H3,(H,26,28). The van der Waals surface area contributed by atoms with Crippen molar-refractivity contribution in [1.29, 1.82) is 0 Å². The average molecular weight is 529 g/mol. The summed E-state index contributed by atoms with van der Waals surface area (Å²) in [7, 11) is -2.56. The van der Waals surface area contributed by atoms with Crippen LogP contribution in [-0.4, -0.2) is 40.0 Å². The summed E-state index contributed by atoms with van der Waals surface area (Å²) in [6.45, 7) is 1.32. The minimum absolute atomic E-state index is 0.0292. The van der Waals surface area contributed by atoms with Gasteiger partial charge in [-0.05, 0) is 68.1 Å². The van der Waals surface area contributed by atoms with Crippen molar-refractivity contribution >= 4 is 49.9 Å². The number of hydrogen-bond donors (Lipinski definition) is 2. The molecule has 3 aromatic rings. The van der Waals surface area contributed by atoms with Crippen molar-refractivity contribution in [1.82, 2.24) is 0 Å².